The number of nitrogens with two attached hydrogens (primary N) is 2. The summed E-state index contributed by atoms with van der Waals surface area (Å²) < 4.78 is 36.5. The predicted molar refractivity (Wildman–Crippen MR) is 72.9 cm³/mol. The molecule has 5 N–H and O–H groups in total. The highest BCUT2D eigenvalue weighted by atomic mass is 32.2. The molecule has 0 bridgehead atoms. The second-order valence-corrected chi connectivity index (χ2v) is 5.67. The Morgan fingerprint density at radius 3 is 2.25 bits per heavy atom. The molecule has 0 aliphatic carbocycles. The van der Waals surface area contributed by atoms with Crippen LogP contribution in [0.5, 0.6) is 11.5 Å². The highest BCUT2D eigenvalue weighted by Gasteiger charge is 2.25. The second-order valence-electron chi connectivity index (χ2n) is 3.99. The third-order valence-corrected chi connectivity index (χ3v) is 4.13. The molecule has 0 saturated heterocycles. The monoisotopic (exact) mass is 303 g/mol. The number of hydrogen-bond donors (Lipinski definition) is 3. The molecule has 20 heavy (non-hydrogen) atoms. The molecular weight excluding hydrogens is 286 g/mol. The van der Waals surface area contributed by atoms with Gasteiger partial charge in [0, 0.05) is 6.07 Å². The number of carbonyl (C=O) groups excluding carboxylic acids is 1. The van der Waals surface area contributed by atoms with Crippen molar-refractivity contribution in [2.24, 2.45) is 5.73 Å². The van der Waals surface area contributed by atoms with Crippen molar-refractivity contribution < 1.29 is 22.7 Å². The van der Waals surface area contributed by atoms with Gasteiger partial charge in [-0.1, -0.05) is 0 Å². The third kappa shape index (κ3) is 3.31. The fraction of sp³-hybridized carbons (Fsp3) is 0.364. The molecule has 0 aliphatic rings. The Balaban J connectivity index is 3.31. The summed E-state index contributed by atoms with van der Waals surface area (Å²) in [5.74, 6) is -0.474. The quantitative estimate of drug-likeness (QED) is 0.603. The molecule has 0 spiro atoms. The van der Waals surface area contributed by atoms with Gasteiger partial charge in [0.15, 0.2) is 0 Å². The smallest absolute Gasteiger partial charge is 0.245 e. The van der Waals surface area contributed by atoms with Crippen LogP contribution in [0.3, 0.4) is 0 Å². The fourth-order valence-electron chi connectivity index (χ4n) is 1.46. The van der Waals surface area contributed by atoms with Gasteiger partial charge in [-0.25, -0.2) is 8.42 Å². The third-order valence-electron chi connectivity index (χ3n) is 2.56. The van der Waals surface area contributed by atoms with E-state index in [2.05, 4.69) is 4.72 Å². The van der Waals surface area contributed by atoms with Crippen molar-refractivity contribution in [1.29, 1.82) is 0 Å². The van der Waals surface area contributed by atoms with Crippen molar-refractivity contribution >= 4 is 21.6 Å². The lowest BCUT2D eigenvalue weighted by molar-refractivity contribution is -0.119. The van der Waals surface area contributed by atoms with Gasteiger partial charge in [-0.2, -0.15) is 4.72 Å². The van der Waals surface area contributed by atoms with E-state index in [0.29, 0.717) is 0 Å². The number of methoxy groups -OCH3 is 2. The number of benzene rings is 1. The van der Waals surface area contributed by atoms with Crippen LogP contribution in [0.15, 0.2) is 17.0 Å². The zero-order valence-corrected chi connectivity index (χ0v) is 12.2. The van der Waals surface area contributed by atoms with Crippen molar-refractivity contribution in [3.8, 4) is 11.5 Å². The van der Waals surface area contributed by atoms with Crippen LogP contribution in [0, 0.1) is 0 Å². The summed E-state index contributed by atoms with van der Waals surface area (Å²) in [7, 11) is -1.30. The minimum absolute atomic E-state index is 0.0419. The first-order chi connectivity index (χ1) is 9.22. The van der Waals surface area contributed by atoms with Crippen LogP contribution in [0.25, 0.3) is 0 Å². The molecule has 1 rings (SSSR count). The van der Waals surface area contributed by atoms with Gasteiger partial charge in [-0.3, -0.25) is 4.79 Å². The van der Waals surface area contributed by atoms with E-state index in [9.17, 15) is 13.2 Å². The van der Waals surface area contributed by atoms with Crippen LogP contribution in [0.4, 0.5) is 5.69 Å². The summed E-state index contributed by atoms with van der Waals surface area (Å²) in [5.41, 5.74) is 10.8. The number of primary amides is 1. The summed E-state index contributed by atoms with van der Waals surface area (Å²) in [6.07, 6.45) is 0. The highest BCUT2D eigenvalue weighted by Crippen LogP contribution is 2.33. The number of nitrogens with one attached hydrogen (secondary N) is 1. The van der Waals surface area contributed by atoms with Crippen LogP contribution in [0.1, 0.15) is 6.92 Å². The Morgan fingerprint density at radius 1 is 1.25 bits per heavy atom. The number of carbonyl (C=O) groups is 1. The van der Waals surface area contributed by atoms with Crippen LogP contribution in [-0.2, 0) is 14.8 Å². The minimum atomic E-state index is -4.01. The normalized spacial score (nSPS) is 12.8. The molecule has 112 valence electrons. The van der Waals surface area contributed by atoms with E-state index in [1.54, 1.807) is 0 Å². The largest absolute Gasteiger partial charge is 0.495 e. The molecule has 0 aliphatic heterocycles. The van der Waals surface area contributed by atoms with Gasteiger partial charge in [0.2, 0.25) is 15.9 Å². The molecule has 1 atom stereocenters. The SMILES string of the molecule is COc1cc(OC)c(S(=O)(=O)NC(C)C(N)=O)cc1N. The fourth-order valence-corrected chi connectivity index (χ4v) is 2.86. The molecule has 0 heterocycles. The van der Waals surface area contributed by atoms with Crippen LogP contribution in [0.2, 0.25) is 0 Å². The summed E-state index contributed by atoms with van der Waals surface area (Å²) in [5, 5.41) is 0. The average Bonchev–Trinajstić information content (AvgIpc) is 2.37. The van der Waals surface area contributed by atoms with E-state index in [-0.39, 0.29) is 22.1 Å². The van der Waals surface area contributed by atoms with Gasteiger partial charge in [-0.15, -0.1) is 0 Å². The number of amides is 1. The number of rotatable bonds is 6. The summed E-state index contributed by atoms with van der Waals surface area (Å²) in [4.78, 5) is 10.7. The lowest BCUT2D eigenvalue weighted by atomic mass is 10.3. The average molecular weight is 303 g/mol. The maximum absolute atomic E-state index is 12.2. The summed E-state index contributed by atoms with van der Waals surface area (Å²) in [6, 6.07) is 1.47. The maximum Gasteiger partial charge on any atom is 0.245 e. The van der Waals surface area contributed by atoms with Crippen LogP contribution < -0.4 is 25.7 Å². The van der Waals surface area contributed by atoms with Gasteiger partial charge in [0.1, 0.15) is 16.4 Å². The van der Waals surface area contributed by atoms with Gasteiger partial charge in [0.25, 0.3) is 0 Å². The second kappa shape index (κ2) is 5.97. The molecule has 8 nitrogen and oxygen atoms in total. The number of hydrogen-bond acceptors (Lipinski definition) is 6. The Bertz CT molecular complexity index is 615. The van der Waals surface area contributed by atoms with Crippen molar-refractivity contribution in [3.05, 3.63) is 12.1 Å². The lowest BCUT2D eigenvalue weighted by Gasteiger charge is -2.15. The van der Waals surface area contributed by atoms with E-state index >= 15 is 0 Å². The topological polar surface area (TPSA) is 134 Å². The van der Waals surface area contributed by atoms with Crippen LogP contribution in [-0.4, -0.2) is 34.6 Å². The Morgan fingerprint density at radius 2 is 1.80 bits per heavy atom. The Kier molecular flexibility index (Phi) is 4.79. The molecule has 0 radical (unpaired) electrons. The van der Waals surface area contributed by atoms with Gasteiger partial charge >= 0.3 is 0 Å². The molecule has 1 aromatic rings. The van der Waals surface area contributed by atoms with E-state index < -0.39 is 22.0 Å². The zero-order chi connectivity index (χ0) is 15.5. The molecule has 0 saturated carbocycles. The van der Waals surface area contributed by atoms with Crippen molar-refractivity contribution in [2.45, 2.75) is 17.9 Å². The van der Waals surface area contributed by atoms with E-state index in [1.165, 1.54) is 33.3 Å². The lowest BCUT2D eigenvalue weighted by Crippen LogP contribution is -2.42. The molecule has 0 aromatic heterocycles. The van der Waals surface area contributed by atoms with E-state index in [0.717, 1.165) is 0 Å². The van der Waals surface area contributed by atoms with Gasteiger partial charge in [0.05, 0.1) is 25.9 Å². The number of anilines is 1. The summed E-state index contributed by atoms with van der Waals surface area (Å²) in [6.45, 7) is 1.33. The minimum Gasteiger partial charge on any atom is -0.495 e. The van der Waals surface area contributed by atoms with Crippen molar-refractivity contribution in [3.63, 3.8) is 0 Å². The van der Waals surface area contributed by atoms with Crippen molar-refractivity contribution in [2.75, 3.05) is 20.0 Å². The van der Waals surface area contributed by atoms with Gasteiger partial charge in [-0.05, 0) is 13.0 Å². The van der Waals surface area contributed by atoms with Crippen molar-refractivity contribution in [1.82, 2.24) is 4.72 Å². The first-order valence-corrected chi connectivity index (χ1v) is 7.04. The zero-order valence-electron chi connectivity index (χ0n) is 11.3. The molecule has 1 unspecified atom stereocenters. The molecule has 1 aromatic carbocycles. The number of nitrogen functional groups attached to an aromatic ring is 1. The molecule has 1 amide bonds. The van der Waals surface area contributed by atoms with Gasteiger partial charge < -0.3 is 20.9 Å². The maximum atomic E-state index is 12.2. The Labute approximate surface area is 117 Å². The van der Waals surface area contributed by atoms with E-state index in [1.807, 2.05) is 0 Å². The van der Waals surface area contributed by atoms with E-state index in [4.69, 9.17) is 20.9 Å². The van der Waals surface area contributed by atoms with Crippen LogP contribution >= 0.6 is 0 Å². The highest BCUT2D eigenvalue weighted by molar-refractivity contribution is 7.89. The first-order valence-electron chi connectivity index (χ1n) is 5.56. The summed E-state index contributed by atoms with van der Waals surface area (Å²) >= 11 is 0. The Hall–Kier alpha value is -2.00. The predicted octanol–water partition coefficient (Wildman–Crippen LogP) is -0.562. The first kappa shape index (κ1) is 16.1. The number of sulfonamides is 1. The number of ether oxygens (including phenoxy) is 2. The molecular formula is C11H17N3O5S. The molecule has 9 heteroatoms. The molecule has 0 fully saturated rings. The standard InChI is InChI=1S/C11H17N3O5S/c1-6(11(13)15)14-20(16,17)10-4-7(12)8(18-2)5-9(10)19-3/h4-6,14H,12H2,1-3H3,(H2,13,15).